The molecule has 0 spiro atoms. The number of carboxylic acids is 1. The van der Waals surface area contributed by atoms with Crippen LogP contribution in [-0.4, -0.2) is 23.7 Å². The Balaban J connectivity index is 2.71. The van der Waals surface area contributed by atoms with Crippen LogP contribution in [0.3, 0.4) is 0 Å². The van der Waals surface area contributed by atoms with Gasteiger partial charge in [-0.2, -0.15) is 0 Å². The van der Waals surface area contributed by atoms with Gasteiger partial charge >= 0.3 is 11.9 Å². The van der Waals surface area contributed by atoms with Gasteiger partial charge in [0.1, 0.15) is 0 Å². The predicted octanol–water partition coefficient (Wildman–Crippen LogP) is 3.11. The maximum Gasteiger partial charge on any atom is 0.335 e. The molecule has 0 aliphatic rings. The van der Waals surface area contributed by atoms with Crippen molar-refractivity contribution in [1.29, 1.82) is 0 Å². The van der Waals surface area contributed by atoms with Gasteiger partial charge in [-0.05, 0) is 24.6 Å². The summed E-state index contributed by atoms with van der Waals surface area (Å²) < 4.78 is 5.45. The predicted molar refractivity (Wildman–Crippen MR) is 71.4 cm³/mol. The van der Waals surface area contributed by atoms with Crippen LogP contribution in [0.1, 0.15) is 29.3 Å². The highest BCUT2D eigenvalue weighted by atomic mass is 79.9. The van der Waals surface area contributed by atoms with Gasteiger partial charge in [-0.15, -0.1) is 0 Å². The van der Waals surface area contributed by atoms with Gasteiger partial charge in [0.15, 0.2) is 0 Å². The quantitative estimate of drug-likeness (QED) is 0.848. The Hall–Kier alpha value is -1.62. The van der Waals surface area contributed by atoms with Crippen molar-refractivity contribution in [3.63, 3.8) is 0 Å². The topological polar surface area (TPSA) is 63.6 Å². The van der Waals surface area contributed by atoms with Crippen molar-refractivity contribution in [2.24, 2.45) is 0 Å². The number of halogens is 1. The van der Waals surface area contributed by atoms with Crippen molar-refractivity contribution in [2.45, 2.75) is 13.3 Å². The fourth-order valence-electron chi connectivity index (χ4n) is 1.30. The lowest BCUT2D eigenvalue weighted by atomic mass is 10.1. The normalized spacial score (nSPS) is 10.6. The van der Waals surface area contributed by atoms with E-state index >= 15 is 0 Å². The lowest BCUT2D eigenvalue weighted by Crippen LogP contribution is -2.01. The number of ether oxygens (including phenoxy) is 1. The van der Waals surface area contributed by atoms with E-state index in [-0.39, 0.29) is 18.0 Å². The molecule has 0 heterocycles. The Morgan fingerprint density at radius 3 is 2.72 bits per heavy atom. The van der Waals surface area contributed by atoms with E-state index in [4.69, 9.17) is 9.84 Å². The number of aromatic carboxylic acids is 1. The van der Waals surface area contributed by atoms with Gasteiger partial charge in [-0.3, -0.25) is 4.79 Å². The summed E-state index contributed by atoms with van der Waals surface area (Å²) in [5.41, 5.74) is 1.02. The minimum absolute atomic E-state index is 0.195. The largest absolute Gasteiger partial charge is 0.478 e. The van der Waals surface area contributed by atoms with Gasteiger partial charge < -0.3 is 9.84 Å². The van der Waals surface area contributed by atoms with Gasteiger partial charge in [-0.25, -0.2) is 4.79 Å². The summed E-state index contributed by atoms with van der Waals surface area (Å²) in [6.45, 7) is 2.12. The van der Waals surface area contributed by atoms with Crippen LogP contribution in [0.2, 0.25) is 0 Å². The Labute approximate surface area is 113 Å². The molecule has 5 heteroatoms. The molecule has 0 unspecified atom stereocenters. The molecule has 0 aromatic heterocycles. The summed E-state index contributed by atoms with van der Waals surface area (Å²) in [4.78, 5) is 21.8. The van der Waals surface area contributed by atoms with Crippen molar-refractivity contribution < 1.29 is 19.4 Å². The van der Waals surface area contributed by atoms with Crippen molar-refractivity contribution in [1.82, 2.24) is 0 Å². The van der Waals surface area contributed by atoms with Gasteiger partial charge in [0, 0.05) is 4.47 Å². The number of benzene rings is 1. The molecule has 1 rings (SSSR count). The maximum absolute atomic E-state index is 11.1. The van der Waals surface area contributed by atoms with E-state index in [1.165, 1.54) is 12.1 Å². The zero-order valence-corrected chi connectivity index (χ0v) is 11.4. The number of esters is 1. The third kappa shape index (κ3) is 4.33. The fraction of sp³-hybridized carbons (Fsp3) is 0.231. The molecule has 0 fully saturated rings. The number of hydrogen-bond acceptors (Lipinski definition) is 3. The zero-order chi connectivity index (χ0) is 13.5. The second-order valence-electron chi connectivity index (χ2n) is 3.45. The molecular formula is C13H13BrO4. The number of carbonyl (C=O) groups is 2. The van der Waals surface area contributed by atoms with E-state index in [0.29, 0.717) is 11.1 Å². The highest BCUT2D eigenvalue weighted by molar-refractivity contribution is 9.10. The van der Waals surface area contributed by atoms with E-state index in [1.54, 1.807) is 25.1 Å². The first-order valence-corrected chi connectivity index (χ1v) is 6.19. The third-order valence-corrected chi connectivity index (χ3v) is 2.82. The number of hydrogen-bond donors (Lipinski definition) is 1. The molecule has 1 aromatic rings. The van der Waals surface area contributed by atoms with Crippen LogP contribution in [0.5, 0.6) is 0 Å². The van der Waals surface area contributed by atoms with Crippen LogP contribution in [0.15, 0.2) is 28.7 Å². The fourth-order valence-corrected chi connectivity index (χ4v) is 1.81. The number of carbonyl (C=O) groups excluding carboxylic acids is 1. The minimum atomic E-state index is -0.974. The van der Waals surface area contributed by atoms with Crippen LogP contribution < -0.4 is 0 Å². The molecular weight excluding hydrogens is 300 g/mol. The van der Waals surface area contributed by atoms with E-state index in [1.807, 2.05) is 0 Å². The number of carboxylic acid groups (broad SMARTS) is 1. The average Bonchev–Trinajstić information content (AvgIpc) is 2.31. The molecule has 0 saturated heterocycles. The molecule has 18 heavy (non-hydrogen) atoms. The summed E-state index contributed by atoms with van der Waals surface area (Å²) in [5, 5.41) is 8.81. The van der Waals surface area contributed by atoms with Crippen molar-refractivity contribution in [3.8, 4) is 0 Å². The molecule has 0 amide bonds. The van der Waals surface area contributed by atoms with Gasteiger partial charge in [0.25, 0.3) is 0 Å². The van der Waals surface area contributed by atoms with Crippen LogP contribution in [0.25, 0.3) is 6.08 Å². The first-order valence-electron chi connectivity index (χ1n) is 5.39. The van der Waals surface area contributed by atoms with Crippen molar-refractivity contribution >= 4 is 33.9 Å². The van der Waals surface area contributed by atoms with Gasteiger partial charge in [0.05, 0.1) is 18.6 Å². The first-order chi connectivity index (χ1) is 8.54. The maximum atomic E-state index is 11.1. The van der Waals surface area contributed by atoms with Crippen molar-refractivity contribution in [2.75, 3.05) is 6.61 Å². The molecule has 1 N–H and O–H groups in total. The lowest BCUT2D eigenvalue weighted by molar-refractivity contribution is -0.142. The number of rotatable bonds is 5. The van der Waals surface area contributed by atoms with Crippen LogP contribution in [0, 0.1) is 0 Å². The van der Waals surface area contributed by atoms with E-state index in [2.05, 4.69) is 15.9 Å². The highest BCUT2D eigenvalue weighted by Gasteiger charge is 2.05. The van der Waals surface area contributed by atoms with Crippen molar-refractivity contribution in [3.05, 3.63) is 39.9 Å². The smallest absolute Gasteiger partial charge is 0.335 e. The molecule has 0 bridgehead atoms. The lowest BCUT2D eigenvalue weighted by Gasteiger charge is -2.01. The molecule has 4 nitrogen and oxygen atoms in total. The standard InChI is InChI=1S/C13H13BrO4/c1-2-18-12(15)5-3-4-9-6-7-10(13(16)17)8-11(9)14/h3-4,6-8H,2,5H2,1H3,(H,16,17). The Morgan fingerprint density at radius 1 is 1.44 bits per heavy atom. The minimum Gasteiger partial charge on any atom is -0.478 e. The van der Waals surface area contributed by atoms with Crippen LogP contribution in [-0.2, 0) is 9.53 Å². The summed E-state index contributed by atoms with van der Waals surface area (Å²) in [6.07, 6.45) is 3.62. The van der Waals surface area contributed by atoms with Crippen LogP contribution in [0.4, 0.5) is 0 Å². The molecule has 0 aliphatic heterocycles. The monoisotopic (exact) mass is 312 g/mol. The second kappa shape index (κ2) is 6.96. The summed E-state index contributed by atoms with van der Waals surface area (Å²) >= 11 is 3.28. The highest BCUT2D eigenvalue weighted by Crippen LogP contribution is 2.20. The van der Waals surface area contributed by atoms with E-state index in [9.17, 15) is 9.59 Å². The molecule has 0 atom stereocenters. The Kier molecular flexibility index (Phi) is 5.58. The van der Waals surface area contributed by atoms with Gasteiger partial charge in [0.2, 0.25) is 0 Å². The zero-order valence-electron chi connectivity index (χ0n) is 9.85. The van der Waals surface area contributed by atoms with E-state index in [0.717, 1.165) is 5.56 Å². The molecule has 0 radical (unpaired) electrons. The first kappa shape index (κ1) is 14.4. The Bertz CT molecular complexity index is 480. The SMILES string of the molecule is CCOC(=O)CC=Cc1ccc(C(=O)O)cc1Br. The Morgan fingerprint density at radius 2 is 2.17 bits per heavy atom. The van der Waals surface area contributed by atoms with Gasteiger partial charge in [-0.1, -0.05) is 34.1 Å². The summed E-state index contributed by atoms with van der Waals surface area (Å²) in [7, 11) is 0. The van der Waals surface area contributed by atoms with Crippen LogP contribution >= 0.6 is 15.9 Å². The molecule has 96 valence electrons. The average molecular weight is 313 g/mol. The van der Waals surface area contributed by atoms with E-state index < -0.39 is 5.97 Å². The molecule has 0 saturated carbocycles. The summed E-state index contributed by atoms with van der Waals surface area (Å²) in [6, 6.07) is 4.71. The second-order valence-corrected chi connectivity index (χ2v) is 4.31. The molecule has 0 aliphatic carbocycles. The third-order valence-electron chi connectivity index (χ3n) is 2.13. The summed E-state index contributed by atoms with van der Waals surface area (Å²) in [5.74, 6) is -1.26. The molecule has 1 aromatic carbocycles.